The molecule has 2 aromatic carbocycles. The topological polar surface area (TPSA) is 264 Å². The molecule has 1 aromatic heterocycles. The lowest BCUT2D eigenvalue weighted by molar-refractivity contribution is -0.352. The van der Waals surface area contributed by atoms with Gasteiger partial charge in [0, 0.05) is 23.6 Å². The van der Waals surface area contributed by atoms with Crippen molar-refractivity contribution in [1.29, 1.82) is 0 Å². The summed E-state index contributed by atoms with van der Waals surface area (Å²) in [6.07, 6.45) is 1.46. The Balaban J connectivity index is 1.40. The quantitative estimate of drug-likeness (QED) is 0.0187. The number of aromatic hydroxyl groups is 2. The summed E-state index contributed by atoms with van der Waals surface area (Å²) < 4.78 is 41.2. The van der Waals surface area contributed by atoms with Crippen LogP contribution >= 0.6 is 0 Å². The zero-order valence-corrected chi connectivity index (χ0v) is 41.1. The van der Waals surface area contributed by atoms with E-state index in [4.69, 9.17) is 32.8 Å². The number of carbonyl (C=O) groups is 1. The van der Waals surface area contributed by atoms with E-state index in [1.54, 1.807) is 12.1 Å². The summed E-state index contributed by atoms with van der Waals surface area (Å²) >= 11 is 0. The first-order valence-corrected chi connectivity index (χ1v) is 24.6. The van der Waals surface area contributed by atoms with Crippen molar-refractivity contribution in [2.45, 2.75) is 199 Å². The van der Waals surface area contributed by atoms with Crippen molar-refractivity contribution in [3.63, 3.8) is 0 Å². The van der Waals surface area contributed by atoms with Crippen LogP contribution in [0.5, 0.6) is 23.0 Å². The van der Waals surface area contributed by atoms with E-state index in [0.29, 0.717) is 12.0 Å². The second-order valence-corrected chi connectivity index (χ2v) is 18.9. The van der Waals surface area contributed by atoms with E-state index in [1.807, 2.05) is 33.8 Å². The molecule has 8 N–H and O–H groups in total. The van der Waals surface area contributed by atoms with E-state index >= 15 is 0 Å². The van der Waals surface area contributed by atoms with Gasteiger partial charge in [0.25, 0.3) is 0 Å². The molecule has 3 aromatic rings. The van der Waals surface area contributed by atoms with Gasteiger partial charge in [0.1, 0.15) is 72.3 Å². The Hall–Kier alpha value is -4.30. The number of hydrogen-bond acceptors (Lipinski definition) is 17. The van der Waals surface area contributed by atoms with Crippen molar-refractivity contribution in [2.75, 3.05) is 20.3 Å². The molecule has 2 aliphatic heterocycles. The second kappa shape index (κ2) is 26.8. The van der Waals surface area contributed by atoms with Gasteiger partial charge in [-0.25, -0.2) is 0 Å². The van der Waals surface area contributed by atoms with Gasteiger partial charge in [-0.3, -0.25) is 9.59 Å². The summed E-state index contributed by atoms with van der Waals surface area (Å²) in [5.74, 6) is -1.49. The predicted octanol–water partition coefficient (Wildman–Crippen LogP) is 6.42. The molecule has 2 saturated heterocycles. The molecule has 0 radical (unpaired) electrons. The molecule has 0 amide bonds. The van der Waals surface area contributed by atoms with E-state index in [1.165, 1.54) is 58.5 Å². The zero-order chi connectivity index (χ0) is 50.4. The molecule has 0 bridgehead atoms. The maximum absolute atomic E-state index is 14.7. The van der Waals surface area contributed by atoms with Gasteiger partial charge in [0.15, 0.2) is 29.0 Å². The van der Waals surface area contributed by atoms with Gasteiger partial charge in [0.05, 0.1) is 19.1 Å². The van der Waals surface area contributed by atoms with Crippen LogP contribution in [0, 0.1) is 0 Å². The highest BCUT2D eigenvalue weighted by atomic mass is 16.7. The Morgan fingerprint density at radius 1 is 0.681 bits per heavy atom. The first-order valence-electron chi connectivity index (χ1n) is 24.6. The average Bonchev–Trinajstić information content (AvgIpc) is 3.31. The van der Waals surface area contributed by atoms with Gasteiger partial charge in [-0.15, -0.1) is 0 Å². The Morgan fingerprint density at radius 3 is 1.86 bits per heavy atom. The lowest BCUT2D eigenvalue weighted by atomic mass is 9.96. The predicted molar refractivity (Wildman–Crippen MR) is 257 cm³/mol. The second-order valence-electron chi connectivity index (χ2n) is 18.9. The average molecular weight is 973 g/mol. The Kier molecular flexibility index (Phi) is 21.6. The van der Waals surface area contributed by atoms with Crippen molar-refractivity contribution in [3.8, 4) is 23.0 Å². The van der Waals surface area contributed by atoms with E-state index in [2.05, 4.69) is 6.92 Å². The monoisotopic (exact) mass is 973 g/mol. The summed E-state index contributed by atoms with van der Waals surface area (Å²) in [6.45, 7) is 8.35. The number of phenols is 2. The molecule has 17 nitrogen and oxygen atoms in total. The van der Waals surface area contributed by atoms with E-state index < -0.39 is 91.8 Å². The molecule has 0 spiro atoms. The fourth-order valence-electron chi connectivity index (χ4n) is 8.77. The minimum absolute atomic E-state index is 0.0223. The first-order chi connectivity index (χ1) is 33.0. The lowest BCUT2D eigenvalue weighted by Gasteiger charge is -2.46. The fraction of sp³-hybridized carbons (Fsp3) is 0.654. The molecule has 0 aliphatic carbocycles. The molecule has 17 heteroatoms. The summed E-state index contributed by atoms with van der Waals surface area (Å²) in [7, 11) is 1.38. The van der Waals surface area contributed by atoms with Crippen molar-refractivity contribution in [2.24, 2.45) is 0 Å². The smallest absolute Gasteiger partial charge is 0.305 e. The number of ether oxygens (including phenoxy) is 6. The van der Waals surface area contributed by atoms with Crippen molar-refractivity contribution < 1.29 is 78.5 Å². The van der Waals surface area contributed by atoms with Crippen LogP contribution in [0.4, 0.5) is 0 Å². The van der Waals surface area contributed by atoms with Gasteiger partial charge in [-0.05, 0) is 53.0 Å². The van der Waals surface area contributed by atoms with Crippen LogP contribution in [-0.2, 0) is 36.6 Å². The Labute approximate surface area is 404 Å². The number of allylic oxidation sites excluding steroid dienone is 4. The molecular formula is C52H76O17. The molecule has 386 valence electrons. The number of esters is 1. The molecule has 10 atom stereocenters. The first kappa shape index (κ1) is 55.6. The highest BCUT2D eigenvalue weighted by molar-refractivity contribution is 6.00. The van der Waals surface area contributed by atoms with Crippen LogP contribution in [0.3, 0.4) is 0 Å². The number of benzene rings is 2. The molecule has 2 fully saturated rings. The van der Waals surface area contributed by atoms with E-state index in [9.17, 15) is 50.4 Å². The van der Waals surface area contributed by atoms with E-state index in [0.717, 1.165) is 42.9 Å². The molecule has 5 rings (SSSR count). The molecular weight excluding hydrogens is 897 g/mol. The minimum Gasteiger partial charge on any atom is -0.507 e. The SMILES string of the molecule is CCCCCCCCCCCCCCCC(=O)OC[C@H]1O[C@@H](Oc2cc(O)c3oc4c(OC)cc(CC=C(C)C)c(O)c4c(=O)c3c2CC=C(C)C)[C@H](O)[C@@H](O)[C@@H]1O[C@@H]1O[C@H](CO)[C@@H](O)[C@H](O)[C@H]1O. The Bertz CT molecular complexity index is 2240. The number of fused-ring (bicyclic) bond motifs is 2. The summed E-state index contributed by atoms with van der Waals surface area (Å²) in [5.41, 5.74) is 1.32. The van der Waals surface area contributed by atoms with Gasteiger partial charge >= 0.3 is 5.97 Å². The fourth-order valence-corrected chi connectivity index (χ4v) is 8.77. The summed E-state index contributed by atoms with van der Waals surface area (Å²) in [4.78, 5) is 27.8. The van der Waals surface area contributed by atoms with Crippen molar-refractivity contribution in [1.82, 2.24) is 0 Å². The van der Waals surface area contributed by atoms with Crippen LogP contribution in [0.25, 0.3) is 21.9 Å². The highest BCUT2D eigenvalue weighted by Crippen LogP contribution is 2.42. The number of carbonyl (C=O) groups excluding carboxylic acids is 1. The maximum atomic E-state index is 14.7. The molecule has 69 heavy (non-hydrogen) atoms. The number of aliphatic hydroxyl groups excluding tert-OH is 6. The minimum atomic E-state index is -1.95. The van der Waals surface area contributed by atoms with Crippen LogP contribution in [-0.4, -0.2) is 129 Å². The van der Waals surface area contributed by atoms with Gasteiger partial charge < -0.3 is 73.7 Å². The lowest BCUT2D eigenvalue weighted by Crippen LogP contribution is -2.65. The van der Waals surface area contributed by atoms with Crippen LogP contribution in [0.2, 0.25) is 0 Å². The van der Waals surface area contributed by atoms with Gasteiger partial charge in [-0.2, -0.15) is 0 Å². The number of hydrogen-bond donors (Lipinski definition) is 8. The summed E-state index contributed by atoms with van der Waals surface area (Å²) in [6, 6.07) is 2.71. The van der Waals surface area contributed by atoms with Crippen molar-refractivity contribution >= 4 is 27.9 Å². The number of phenolic OH excluding ortho intramolecular Hbond substituents is 2. The standard InChI is InChI=1S/C52H76O17/c1-7-8-9-10-11-12-13-14-15-16-17-18-19-20-38(55)64-28-37-50(69-52-46(61)44(59)42(57)36(27-53)66-52)45(60)47(62)51(67-37)65-34-26-33(54)48-39(32(34)24-22-30(4)5)43(58)40-41(56)31(23-21-29(2)3)25-35(63-6)49(40)68-48/h21-22,25-26,36-37,42,44-47,50-54,56-57,59-62H,7-20,23-24,27-28H2,1-6H3/t36-,37-,42-,44+,45-,46-,47-,50-,51-,52+/m1/s1. The largest absolute Gasteiger partial charge is 0.507 e. The summed E-state index contributed by atoms with van der Waals surface area (Å²) in [5, 5.41) is 87.4. The number of rotatable bonds is 26. The van der Waals surface area contributed by atoms with E-state index in [-0.39, 0.29) is 64.0 Å². The molecule has 3 heterocycles. The third-order valence-electron chi connectivity index (χ3n) is 12.9. The Morgan fingerprint density at radius 2 is 1.26 bits per heavy atom. The van der Waals surface area contributed by atoms with Gasteiger partial charge in [-0.1, -0.05) is 107 Å². The van der Waals surface area contributed by atoms with Crippen LogP contribution in [0.15, 0.2) is 44.6 Å². The number of unbranched alkanes of at least 4 members (excludes halogenated alkanes) is 12. The maximum Gasteiger partial charge on any atom is 0.305 e. The number of methoxy groups -OCH3 is 1. The van der Waals surface area contributed by atoms with Gasteiger partial charge in [0.2, 0.25) is 11.7 Å². The van der Waals surface area contributed by atoms with Crippen LogP contribution in [0.1, 0.15) is 136 Å². The molecule has 0 unspecified atom stereocenters. The zero-order valence-electron chi connectivity index (χ0n) is 41.1. The van der Waals surface area contributed by atoms with Crippen molar-refractivity contribution in [3.05, 3.63) is 56.8 Å². The number of aliphatic hydroxyl groups is 6. The normalized spacial score (nSPS) is 24.9. The third-order valence-corrected chi connectivity index (χ3v) is 12.9. The molecule has 0 saturated carbocycles. The third kappa shape index (κ3) is 14.4. The molecule has 2 aliphatic rings. The highest BCUT2D eigenvalue weighted by Gasteiger charge is 2.51. The van der Waals surface area contributed by atoms with Crippen LogP contribution < -0.4 is 14.9 Å².